The summed E-state index contributed by atoms with van der Waals surface area (Å²) in [6, 6.07) is 0. The normalized spacial score (nSPS) is 23.6. The maximum absolute atomic E-state index is 10.7. The van der Waals surface area contributed by atoms with Crippen molar-refractivity contribution in [3.63, 3.8) is 0 Å². The molecule has 4 nitrogen and oxygen atoms in total. The molecule has 78 valence electrons. The van der Waals surface area contributed by atoms with Crippen LogP contribution < -0.4 is 29.6 Å². The van der Waals surface area contributed by atoms with Gasteiger partial charge in [-0.3, -0.25) is 0 Å². The van der Waals surface area contributed by atoms with Gasteiger partial charge in [-0.05, 0) is 19.8 Å². The molecule has 0 spiro atoms. The summed E-state index contributed by atoms with van der Waals surface area (Å²) < 4.78 is 32.2. The molecule has 0 saturated heterocycles. The van der Waals surface area contributed by atoms with Gasteiger partial charge >= 0.3 is 29.6 Å². The minimum absolute atomic E-state index is 0. The molecule has 1 N–H and O–H groups in total. The van der Waals surface area contributed by atoms with Gasteiger partial charge in [-0.25, -0.2) is 8.42 Å². The summed E-state index contributed by atoms with van der Waals surface area (Å²) in [6.45, 7) is 1.12. The molecule has 6 heteroatoms. The van der Waals surface area contributed by atoms with Crippen LogP contribution >= 0.6 is 0 Å². The van der Waals surface area contributed by atoms with Crippen molar-refractivity contribution in [3.8, 4) is 0 Å². The van der Waals surface area contributed by atoms with E-state index in [4.69, 9.17) is 0 Å². The van der Waals surface area contributed by atoms with E-state index >= 15 is 0 Å². The van der Waals surface area contributed by atoms with Gasteiger partial charge in [0.15, 0.2) is 4.93 Å². The second kappa shape index (κ2) is 5.27. The third-order valence-corrected chi connectivity index (χ3v) is 4.21. The van der Waals surface area contributed by atoms with Crippen LogP contribution in [-0.4, -0.2) is 23.0 Å². The topological polar surface area (TPSA) is 77.4 Å². The number of aliphatic hydroxyl groups is 1. The van der Waals surface area contributed by atoms with E-state index in [2.05, 4.69) is 0 Å². The van der Waals surface area contributed by atoms with Crippen LogP contribution in [0.1, 0.15) is 39.0 Å². The Kier molecular flexibility index (Phi) is 5.60. The summed E-state index contributed by atoms with van der Waals surface area (Å²) in [4.78, 5) is -2.08. The molecule has 14 heavy (non-hydrogen) atoms. The van der Waals surface area contributed by atoms with Gasteiger partial charge in [-0.15, -0.1) is 0 Å². The van der Waals surface area contributed by atoms with Gasteiger partial charge in [0, 0.05) is 5.92 Å². The van der Waals surface area contributed by atoms with E-state index in [-0.39, 0.29) is 35.5 Å². The van der Waals surface area contributed by atoms with Crippen LogP contribution in [0.25, 0.3) is 0 Å². The molecule has 0 heterocycles. The Morgan fingerprint density at radius 1 is 1.29 bits per heavy atom. The first-order valence-corrected chi connectivity index (χ1v) is 5.94. The van der Waals surface area contributed by atoms with Crippen LogP contribution in [0, 0.1) is 5.92 Å². The molecule has 1 rings (SSSR count). The Hall–Kier alpha value is 0.870. The van der Waals surface area contributed by atoms with E-state index in [1.54, 1.807) is 0 Å². The molecule has 1 aliphatic carbocycles. The fourth-order valence-electron chi connectivity index (χ4n) is 1.84. The fraction of sp³-hybridized carbons (Fsp3) is 1.00. The molecule has 0 aromatic heterocycles. The van der Waals surface area contributed by atoms with Crippen molar-refractivity contribution in [3.05, 3.63) is 0 Å². The van der Waals surface area contributed by atoms with Crippen molar-refractivity contribution in [2.75, 3.05) is 0 Å². The SMILES string of the molecule is CC(O)(C1CCCCC1)S(=O)(=O)[O-].[Na+]. The zero-order valence-electron chi connectivity index (χ0n) is 8.69. The second-order valence-electron chi connectivity index (χ2n) is 3.84. The minimum Gasteiger partial charge on any atom is -0.746 e. The molecular weight excluding hydrogens is 215 g/mol. The van der Waals surface area contributed by atoms with E-state index in [1.807, 2.05) is 0 Å². The van der Waals surface area contributed by atoms with Crippen molar-refractivity contribution in [2.24, 2.45) is 5.92 Å². The molecule has 1 fully saturated rings. The number of hydrogen-bond acceptors (Lipinski definition) is 4. The van der Waals surface area contributed by atoms with Crippen molar-refractivity contribution < 1.29 is 47.6 Å². The minimum atomic E-state index is -4.60. The average Bonchev–Trinajstić information content (AvgIpc) is 2.04. The standard InChI is InChI=1S/C8H16O4S.Na/c1-8(9,13(10,11)12)7-5-3-2-4-6-7;/h7,9H,2-6H2,1H3,(H,10,11,12);/q;+1/p-1. The number of rotatable bonds is 2. The fourth-order valence-corrected chi connectivity index (χ4v) is 2.49. The Morgan fingerprint density at radius 3 is 2.07 bits per heavy atom. The van der Waals surface area contributed by atoms with Gasteiger partial charge < -0.3 is 9.66 Å². The van der Waals surface area contributed by atoms with Crippen LogP contribution in [0.4, 0.5) is 0 Å². The van der Waals surface area contributed by atoms with Crippen molar-refractivity contribution in [1.29, 1.82) is 0 Å². The smallest absolute Gasteiger partial charge is 0.746 e. The summed E-state index contributed by atoms with van der Waals surface area (Å²) in [7, 11) is -4.60. The van der Waals surface area contributed by atoms with E-state index in [0.717, 1.165) is 26.2 Å². The maximum atomic E-state index is 10.7. The summed E-state index contributed by atoms with van der Waals surface area (Å²) >= 11 is 0. The van der Waals surface area contributed by atoms with E-state index in [0.29, 0.717) is 12.8 Å². The predicted octanol–water partition coefficient (Wildman–Crippen LogP) is -2.18. The van der Waals surface area contributed by atoms with Gasteiger partial charge in [-0.1, -0.05) is 19.3 Å². The Bertz CT molecular complexity index is 267. The molecule has 1 atom stereocenters. The first kappa shape index (κ1) is 14.9. The van der Waals surface area contributed by atoms with Crippen molar-refractivity contribution in [1.82, 2.24) is 0 Å². The molecule has 0 radical (unpaired) electrons. The zero-order chi connectivity index (χ0) is 10.1. The molecule has 0 aliphatic heterocycles. The van der Waals surface area contributed by atoms with Gasteiger partial charge in [0.25, 0.3) is 0 Å². The van der Waals surface area contributed by atoms with Gasteiger partial charge in [0.2, 0.25) is 0 Å². The summed E-state index contributed by atoms with van der Waals surface area (Å²) in [5.74, 6) is -0.385. The van der Waals surface area contributed by atoms with Gasteiger partial charge in [-0.2, -0.15) is 0 Å². The molecule has 0 amide bonds. The number of hydrogen-bond donors (Lipinski definition) is 1. The molecule has 0 aromatic carbocycles. The van der Waals surface area contributed by atoms with Crippen LogP contribution in [0.15, 0.2) is 0 Å². The summed E-state index contributed by atoms with van der Waals surface area (Å²) in [5, 5.41) is 9.58. The zero-order valence-corrected chi connectivity index (χ0v) is 11.5. The second-order valence-corrected chi connectivity index (χ2v) is 5.58. The Morgan fingerprint density at radius 2 is 1.71 bits per heavy atom. The quantitative estimate of drug-likeness (QED) is 0.432. The molecule has 0 aromatic rings. The molecular formula is C8H15NaO4S. The Labute approximate surface area is 107 Å². The van der Waals surface area contributed by atoms with Gasteiger partial charge in [0.05, 0.1) is 0 Å². The molecule has 1 saturated carbocycles. The van der Waals surface area contributed by atoms with Crippen LogP contribution in [0.5, 0.6) is 0 Å². The van der Waals surface area contributed by atoms with E-state index in [9.17, 15) is 18.1 Å². The molecule has 1 aliphatic rings. The summed E-state index contributed by atoms with van der Waals surface area (Å²) in [6.07, 6.45) is 4.13. The van der Waals surface area contributed by atoms with Crippen LogP contribution in [0.2, 0.25) is 0 Å². The molecule has 1 unspecified atom stereocenters. The average molecular weight is 230 g/mol. The maximum Gasteiger partial charge on any atom is 1.00 e. The summed E-state index contributed by atoms with van der Waals surface area (Å²) in [5.41, 5.74) is 0. The van der Waals surface area contributed by atoms with Crippen molar-refractivity contribution in [2.45, 2.75) is 44.0 Å². The van der Waals surface area contributed by atoms with Crippen LogP contribution in [0.3, 0.4) is 0 Å². The largest absolute Gasteiger partial charge is 1.00 e. The van der Waals surface area contributed by atoms with Crippen LogP contribution in [-0.2, 0) is 10.1 Å². The predicted molar refractivity (Wildman–Crippen MR) is 46.9 cm³/mol. The Balaban J connectivity index is 0.00000169. The van der Waals surface area contributed by atoms with E-state index < -0.39 is 15.1 Å². The monoisotopic (exact) mass is 230 g/mol. The van der Waals surface area contributed by atoms with Gasteiger partial charge in [0.1, 0.15) is 10.1 Å². The molecule has 0 bridgehead atoms. The third kappa shape index (κ3) is 3.18. The first-order valence-electron chi connectivity index (χ1n) is 4.53. The van der Waals surface area contributed by atoms with E-state index in [1.165, 1.54) is 0 Å². The third-order valence-electron chi connectivity index (χ3n) is 2.87. The first-order chi connectivity index (χ1) is 5.86. The van der Waals surface area contributed by atoms with Crippen molar-refractivity contribution >= 4 is 10.1 Å².